The highest BCUT2D eigenvalue weighted by atomic mass is 32.2. The molecule has 0 aliphatic carbocycles. The maximum absolute atomic E-state index is 11.6. The van der Waals surface area contributed by atoms with Crippen molar-refractivity contribution < 1.29 is 8.42 Å². The third-order valence-electron chi connectivity index (χ3n) is 3.68. The number of pyridine rings is 1. The molecular formula is C14H24N4O2S. The molecular weight excluding hydrogens is 288 g/mol. The summed E-state index contributed by atoms with van der Waals surface area (Å²) < 4.78 is 24.6. The Labute approximate surface area is 127 Å². The normalized spacial score (nSPS) is 17.1. The van der Waals surface area contributed by atoms with Crippen LogP contribution in [0.4, 0.5) is 5.69 Å². The van der Waals surface area contributed by atoms with Gasteiger partial charge in [-0.25, -0.2) is 8.42 Å². The Morgan fingerprint density at radius 1 is 1.29 bits per heavy atom. The van der Waals surface area contributed by atoms with Crippen molar-refractivity contribution >= 4 is 15.7 Å². The number of piperazine rings is 1. The molecule has 0 aromatic carbocycles. The van der Waals surface area contributed by atoms with Crippen molar-refractivity contribution in [3.8, 4) is 0 Å². The standard InChI is InChI=1S/C14H24N4O2S/c1-3-5-15-11-13-4-6-16-12-14(13)17-7-9-18(10-8-17)21(2,19)20/h4,6,12,15H,3,5,7-11H2,1-2H3. The zero-order valence-corrected chi connectivity index (χ0v) is 13.6. The van der Waals surface area contributed by atoms with Crippen LogP contribution in [-0.2, 0) is 16.6 Å². The summed E-state index contributed by atoms with van der Waals surface area (Å²) >= 11 is 0. The van der Waals surface area contributed by atoms with Gasteiger partial charge in [0.15, 0.2) is 0 Å². The molecule has 0 radical (unpaired) electrons. The summed E-state index contributed by atoms with van der Waals surface area (Å²) in [6, 6.07) is 2.03. The molecule has 1 fully saturated rings. The van der Waals surface area contributed by atoms with E-state index in [1.807, 2.05) is 12.3 Å². The molecule has 1 aliphatic rings. The van der Waals surface area contributed by atoms with E-state index < -0.39 is 10.0 Å². The Bertz CT molecular complexity index is 554. The third-order valence-corrected chi connectivity index (χ3v) is 4.98. The lowest BCUT2D eigenvalue weighted by Crippen LogP contribution is -2.48. The van der Waals surface area contributed by atoms with Crippen LogP contribution >= 0.6 is 0 Å². The van der Waals surface area contributed by atoms with Crippen molar-refractivity contribution in [3.05, 3.63) is 24.0 Å². The molecule has 2 heterocycles. The van der Waals surface area contributed by atoms with Crippen molar-refractivity contribution in [2.75, 3.05) is 43.9 Å². The summed E-state index contributed by atoms with van der Waals surface area (Å²) in [5, 5.41) is 3.40. The number of nitrogens with zero attached hydrogens (tertiary/aromatic N) is 3. The van der Waals surface area contributed by atoms with E-state index in [0.717, 1.165) is 25.2 Å². The molecule has 0 spiro atoms. The van der Waals surface area contributed by atoms with Crippen LogP contribution in [0.3, 0.4) is 0 Å². The smallest absolute Gasteiger partial charge is 0.211 e. The fraction of sp³-hybridized carbons (Fsp3) is 0.643. The topological polar surface area (TPSA) is 65.5 Å². The number of sulfonamides is 1. The predicted octanol–water partition coefficient (Wildman–Crippen LogP) is 0.663. The van der Waals surface area contributed by atoms with Gasteiger partial charge in [-0.1, -0.05) is 6.92 Å². The number of hydrogen-bond donors (Lipinski definition) is 1. The van der Waals surface area contributed by atoms with E-state index in [2.05, 4.69) is 22.1 Å². The van der Waals surface area contributed by atoms with Crippen molar-refractivity contribution in [2.24, 2.45) is 0 Å². The molecule has 1 aromatic heterocycles. The minimum absolute atomic E-state index is 0.537. The Kier molecular flexibility index (Phi) is 5.55. The molecule has 0 amide bonds. The Hall–Kier alpha value is -1.18. The van der Waals surface area contributed by atoms with Gasteiger partial charge in [0.25, 0.3) is 0 Å². The summed E-state index contributed by atoms with van der Waals surface area (Å²) in [6.07, 6.45) is 6.05. The van der Waals surface area contributed by atoms with Crippen LogP contribution in [0.5, 0.6) is 0 Å². The molecule has 0 atom stereocenters. The minimum atomic E-state index is -3.08. The molecule has 1 aliphatic heterocycles. The lowest BCUT2D eigenvalue weighted by molar-refractivity contribution is 0.387. The Morgan fingerprint density at radius 3 is 2.62 bits per heavy atom. The summed E-state index contributed by atoms with van der Waals surface area (Å²) in [6.45, 7) is 6.44. The van der Waals surface area contributed by atoms with Gasteiger partial charge in [0, 0.05) is 38.9 Å². The van der Waals surface area contributed by atoms with E-state index in [1.165, 1.54) is 16.1 Å². The number of aromatic nitrogens is 1. The summed E-state index contributed by atoms with van der Waals surface area (Å²) in [5.41, 5.74) is 2.32. The largest absolute Gasteiger partial charge is 0.367 e. The van der Waals surface area contributed by atoms with Gasteiger partial charge in [-0.3, -0.25) is 4.98 Å². The van der Waals surface area contributed by atoms with E-state index in [1.54, 1.807) is 6.20 Å². The fourth-order valence-corrected chi connectivity index (χ4v) is 3.34. The monoisotopic (exact) mass is 312 g/mol. The first-order valence-corrected chi connectivity index (χ1v) is 9.21. The molecule has 1 saturated heterocycles. The molecule has 1 aromatic rings. The Morgan fingerprint density at radius 2 is 2.00 bits per heavy atom. The first-order valence-electron chi connectivity index (χ1n) is 7.36. The lowest BCUT2D eigenvalue weighted by atomic mass is 10.2. The quantitative estimate of drug-likeness (QED) is 0.782. The number of nitrogens with one attached hydrogen (secondary N) is 1. The predicted molar refractivity (Wildman–Crippen MR) is 84.9 cm³/mol. The van der Waals surface area contributed by atoms with Crippen molar-refractivity contribution in [3.63, 3.8) is 0 Å². The molecule has 2 rings (SSSR count). The van der Waals surface area contributed by atoms with Crippen LogP contribution in [-0.4, -0.2) is 56.7 Å². The first kappa shape index (κ1) is 16.2. The minimum Gasteiger partial charge on any atom is -0.367 e. The van der Waals surface area contributed by atoms with Crippen molar-refractivity contribution in [1.29, 1.82) is 0 Å². The average Bonchev–Trinajstić information content (AvgIpc) is 2.47. The molecule has 0 bridgehead atoms. The molecule has 7 heteroatoms. The molecule has 118 valence electrons. The van der Waals surface area contributed by atoms with Gasteiger partial charge in [-0.2, -0.15) is 4.31 Å². The third kappa shape index (κ3) is 4.39. The molecule has 21 heavy (non-hydrogen) atoms. The van der Waals surface area contributed by atoms with Gasteiger partial charge >= 0.3 is 0 Å². The average molecular weight is 312 g/mol. The zero-order valence-electron chi connectivity index (χ0n) is 12.7. The highest BCUT2D eigenvalue weighted by molar-refractivity contribution is 7.88. The van der Waals surface area contributed by atoms with Gasteiger partial charge in [-0.05, 0) is 24.6 Å². The summed E-state index contributed by atoms with van der Waals surface area (Å²) in [4.78, 5) is 6.44. The van der Waals surface area contributed by atoms with Gasteiger partial charge in [-0.15, -0.1) is 0 Å². The maximum Gasteiger partial charge on any atom is 0.211 e. The number of hydrogen-bond acceptors (Lipinski definition) is 5. The van der Waals surface area contributed by atoms with Crippen LogP contribution in [0.25, 0.3) is 0 Å². The van der Waals surface area contributed by atoms with E-state index >= 15 is 0 Å². The van der Waals surface area contributed by atoms with E-state index in [0.29, 0.717) is 26.2 Å². The van der Waals surface area contributed by atoms with Crippen LogP contribution in [0.2, 0.25) is 0 Å². The van der Waals surface area contributed by atoms with Crippen LogP contribution in [0, 0.1) is 0 Å². The van der Waals surface area contributed by atoms with E-state index in [-0.39, 0.29) is 0 Å². The Balaban J connectivity index is 2.03. The summed E-state index contributed by atoms with van der Waals surface area (Å²) in [5.74, 6) is 0. The molecule has 0 unspecified atom stereocenters. The van der Waals surface area contributed by atoms with Gasteiger partial charge in [0.1, 0.15) is 0 Å². The van der Waals surface area contributed by atoms with Gasteiger partial charge in [0.2, 0.25) is 10.0 Å². The maximum atomic E-state index is 11.6. The van der Waals surface area contributed by atoms with Crippen LogP contribution in [0.1, 0.15) is 18.9 Å². The molecule has 1 N–H and O–H groups in total. The number of rotatable bonds is 6. The van der Waals surface area contributed by atoms with Gasteiger partial charge < -0.3 is 10.2 Å². The highest BCUT2D eigenvalue weighted by Gasteiger charge is 2.24. The van der Waals surface area contributed by atoms with Crippen LogP contribution < -0.4 is 10.2 Å². The zero-order chi connectivity index (χ0) is 15.3. The van der Waals surface area contributed by atoms with E-state index in [4.69, 9.17) is 0 Å². The van der Waals surface area contributed by atoms with Gasteiger partial charge in [0.05, 0.1) is 18.1 Å². The van der Waals surface area contributed by atoms with Crippen LogP contribution in [0.15, 0.2) is 18.5 Å². The first-order chi connectivity index (χ1) is 10.0. The fourth-order valence-electron chi connectivity index (χ4n) is 2.51. The second-order valence-corrected chi connectivity index (χ2v) is 7.31. The number of anilines is 1. The SMILES string of the molecule is CCCNCc1ccncc1N1CCN(S(C)(=O)=O)CC1. The van der Waals surface area contributed by atoms with Crippen molar-refractivity contribution in [2.45, 2.75) is 19.9 Å². The second-order valence-electron chi connectivity index (χ2n) is 5.33. The molecule has 0 saturated carbocycles. The second kappa shape index (κ2) is 7.20. The van der Waals surface area contributed by atoms with Crippen molar-refractivity contribution in [1.82, 2.24) is 14.6 Å². The van der Waals surface area contributed by atoms with E-state index in [9.17, 15) is 8.42 Å². The summed E-state index contributed by atoms with van der Waals surface area (Å²) in [7, 11) is -3.08. The lowest BCUT2D eigenvalue weighted by Gasteiger charge is -2.35. The molecule has 6 nitrogen and oxygen atoms in total. The highest BCUT2D eigenvalue weighted by Crippen LogP contribution is 2.21.